The van der Waals surface area contributed by atoms with Gasteiger partial charge in [0.05, 0.1) is 18.0 Å². The number of hydrogen-bond acceptors (Lipinski definition) is 4. The van der Waals surface area contributed by atoms with Gasteiger partial charge < -0.3 is 11.1 Å². The molecule has 1 aromatic rings. The second-order valence-corrected chi connectivity index (χ2v) is 6.16. The van der Waals surface area contributed by atoms with Gasteiger partial charge in [0.15, 0.2) is 0 Å². The monoisotopic (exact) mass is 295 g/mol. The lowest BCUT2D eigenvalue weighted by atomic mass is 10.1. The second-order valence-electron chi connectivity index (χ2n) is 4.41. The Labute approximate surface area is 118 Å². The molecule has 1 rings (SSSR count). The summed E-state index contributed by atoms with van der Waals surface area (Å²) in [6.07, 6.45) is 6.31. The Kier molecular flexibility index (Phi) is 5.13. The first-order valence-electron chi connectivity index (χ1n) is 5.81. The van der Waals surface area contributed by atoms with E-state index < -0.39 is 16.1 Å². The standard InChI is InChI=1S/C13H17N3O3S/c1-4-5-11(14)13(17)15-10-6-7-12(9(2)8-10)16-20(3,18)19/h1,6-8,11,16H,5,14H2,2-3H3,(H,15,17). The zero-order chi connectivity index (χ0) is 15.3. The molecule has 0 saturated heterocycles. The van der Waals surface area contributed by atoms with E-state index in [1.807, 2.05) is 0 Å². The average molecular weight is 295 g/mol. The molecule has 0 saturated carbocycles. The van der Waals surface area contributed by atoms with Crippen LogP contribution >= 0.6 is 0 Å². The third kappa shape index (κ3) is 4.91. The molecule has 0 radical (unpaired) electrons. The van der Waals surface area contributed by atoms with Crippen LogP contribution < -0.4 is 15.8 Å². The maximum atomic E-state index is 11.7. The lowest BCUT2D eigenvalue weighted by Crippen LogP contribution is -2.35. The van der Waals surface area contributed by atoms with E-state index in [2.05, 4.69) is 16.0 Å². The third-order valence-electron chi connectivity index (χ3n) is 2.46. The van der Waals surface area contributed by atoms with Crippen molar-refractivity contribution in [3.05, 3.63) is 23.8 Å². The smallest absolute Gasteiger partial charge is 0.242 e. The van der Waals surface area contributed by atoms with Crippen molar-refractivity contribution in [2.75, 3.05) is 16.3 Å². The van der Waals surface area contributed by atoms with Crippen molar-refractivity contribution in [1.82, 2.24) is 0 Å². The van der Waals surface area contributed by atoms with Crippen LogP contribution in [0.1, 0.15) is 12.0 Å². The molecule has 0 spiro atoms. The van der Waals surface area contributed by atoms with Crippen molar-refractivity contribution in [3.63, 3.8) is 0 Å². The highest BCUT2D eigenvalue weighted by molar-refractivity contribution is 7.92. The highest BCUT2D eigenvalue weighted by Crippen LogP contribution is 2.20. The van der Waals surface area contributed by atoms with Gasteiger partial charge in [-0.25, -0.2) is 8.42 Å². The predicted molar refractivity (Wildman–Crippen MR) is 79.7 cm³/mol. The van der Waals surface area contributed by atoms with E-state index in [0.29, 0.717) is 16.9 Å². The molecule has 7 heteroatoms. The van der Waals surface area contributed by atoms with Gasteiger partial charge >= 0.3 is 0 Å². The first-order valence-corrected chi connectivity index (χ1v) is 7.70. The molecule has 6 nitrogen and oxygen atoms in total. The Bertz CT molecular complexity index is 647. The van der Waals surface area contributed by atoms with E-state index in [1.54, 1.807) is 25.1 Å². The van der Waals surface area contributed by atoms with Gasteiger partial charge in [0.1, 0.15) is 0 Å². The topological polar surface area (TPSA) is 101 Å². The van der Waals surface area contributed by atoms with Gasteiger partial charge in [-0.15, -0.1) is 12.3 Å². The predicted octanol–water partition coefficient (Wildman–Crippen LogP) is 0.656. The largest absolute Gasteiger partial charge is 0.325 e. The molecule has 108 valence electrons. The minimum Gasteiger partial charge on any atom is -0.325 e. The quantitative estimate of drug-likeness (QED) is 0.694. The normalized spacial score (nSPS) is 12.3. The van der Waals surface area contributed by atoms with E-state index in [4.69, 9.17) is 12.2 Å². The highest BCUT2D eigenvalue weighted by Gasteiger charge is 2.13. The Morgan fingerprint density at radius 2 is 2.15 bits per heavy atom. The van der Waals surface area contributed by atoms with E-state index in [-0.39, 0.29) is 12.3 Å². The Morgan fingerprint density at radius 1 is 1.50 bits per heavy atom. The molecule has 4 N–H and O–H groups in total. The number of nitrogens with one attached hydrogen (secondary N) is 2. The van der Waals surface area contributed by atoms with E-state index in [0.717, 1.165) is 6.26 Å². The number of benzene rings is 1. The number of hydrogen-bond donors (Lipinski definition) is 3. The fourth-order valence-electron chi connectivity index (χ4n) is 1.51. The van der Waals surface area contributed by atoms with Crippen LogP contribution in [-0.4, -0.2) is 26.6 Å². The van der Waals surface area contributed by atoms with Crippen molar-refractivity contribution in [3.8, 4) is 12.3 Å². The van der Waals surface area contributed by atoms with E-state index in [1.165, 1.54) is 0 Å². The number of sulfonamides is 1. The van der Waals surface area contributed by atoms with Crippen LogP contribution in [0, 0.1) is 19.3 Å². The molecule has 1 unspecified atom stereocenters. The highest BCUT2D eigenvalue weighted by atomic mass is 32.2. The molecular weight excluding hydrogens is 278 g/mol. The van der Waals surface area contributed by atoms with Crippen molar-refractivity contribution in [1.29, 1.82) is 0 Å². The molecule has 0 heterocycles. The fourth-order valence-corrected chi connectivity index (χ4v) is 2.14. The van der Waals surface area contributed by atoms with Gasteiger partial charge in [-0.1, -0.05) is 0 Å². The van der Waals surface area contributed by atoms with Crippen LogP contribution in [0.4, 0.5) is 11.4 Å². The summed E-state index contributed by atoms with van der Waals surface area (Å²) in [4.78, 5) is 11.7. The fraction of sp³-hybridized carbons (Fsp3) is 0.308. The Balaban J connectivity index is 2.83. The van der Waals surface area contributed by atoms with Crippen LogP contribution in [0.5, 0.6) is 0 Å². The summed E-state index contributed by atoms with van der Waals surface area (Å²) in [5, 5.41) is 2.62. The first kappa shape index (κ1) is 16.0. The lowest BCUT2D eigenvalue weighted by molar-refractivity contribution is -0.117. The van der Waals surface area contributed by atoms with Crippen LogP contribution in [0.3, 0.4) is 0 Å². The van der Waals surface area contributed by atoms with Crippen molar-refractivity contribution >= 4 is 27.3 Å². The molecule has 0 bridgehead atoms. The number of amides is 1. The molecule has 20 heavy (non-hydrogen) atoms. The minimum absolute atomic E-state index is 0.151. The molecule has 1 amide bonds. The number of carbonyl (C=O) groups excluding carboxylic acids is 1. The van der Waals surface area contributed by atoms with Crippen molar-refractivity contribution in [2.45, 2.75) is 19.4 Å². The van der Waals surface area contributed by atoms with Crippen LogP contribution in [-0.2, 0) is 14.8 Å². The Morgan fingerprint density at radius 3 is 2.65 bits per heavy atom. The van der Waals surface area contributed by atoms with E-state index in [9.17, 15) is 13.2 Å². The summed E-state index contributed by atoms with van der Waals surface area (Å²) in [6, 6.07) is 4.03. The summed E-state index contributed by atoms with van der Waals surface area (Å²) >= 11 is 0. The maximum Gasteiger partial charge on any atom is 0.242 e. The molecule has 0 aliphatic carbocycles. The molecule has 1 aromatic carbocycles. The summed E-state index contributed by atoms with van der Waals surface area (Å²) in [6.45, 7) is 1.73. The van der Waals surface area contributed by atoms with Crippen LogP contribution in [0.15, 0.2) is 18.2 Å². The number of anilines is 2. The number of carbonyl (C=O) groups is 1. The van der Waals surface area contributed by atoms with Gasteiger partial charge in [0.2, 0.25) is 15.9 Å². The number of aryl methyl sites for hydroxylation is 1. The molecule has 0 aromatic heterocycles. The summed E-state index contributed by atoms with van der Waals surface area (Å²) in [5.74, 6) is 1.93. The lowest BCUT2D eigenvalue weighted by Gasteiger charge is -2.12. The van der Waals surface area contributed by atoms with Gasteiger partial charge in [0.25, 0.3) is 0 Å². The molecule has 1 atom stereocenters. The summed E-state index contributed by atoms with van der Waals surface area (Å²) in [7, 11) is -3.34. The minimum atomic E-state index is -3.34. The number of terminal acetylenes is 1. The van der Waals surface area contributed by atoms with Crippen molar-refractivity contribution < 1.29 is 13.2 Å². The Hall–Kier alpha value is -2.04. The van der Waals surface area contributed by atoms with E-state index >= 15 is 0 Å². The maximum absolute atomic E-state index is 11.7. The summed E-state index contributed by atoms with van der Waals surface area (Å²) < 4.78 is 24.7. The first-order chi connectivity index (χ1) is 9.23. The third-order valence-corrected chi connectivity index (χ3v) is 3.05. The number of rotatable bonds is 5. The van der Waals surface area contributed by atoms with Crippen molar-refractivity contribution in [2.24, 2.45) is 5.73 Å². The SMILES string of the molecule is C#CCC(N)C(=O)Nc1ccc(NS(C)(=O)=O)c(C)c1. The van der Waals surface area contributed by atoms with Gasteiger partial charge in [-0.3, -0.25) is 9.52 Å². The number of nitrogens with two attached hydrogens (primary N) is 1. The molecule has 0 aliphatic heterocycles. The van der Waals surface area contributed by atoms with Crippen LogP contribution in [0.2, 0.25) is 0 Å². The van der Waals surface area contributed by atoms with Crippen LogP contribution in [0.25, 0.3) is 0 Å². The van der Waals surface area contributed by atoms with Gasteiger partial charge in [0, 0.05) is 12.1 Å². The summed E-state index contributed by atoms with van der Waals surface area (Å²) in [5.41, 5.74) is 7.24. The van der Waals surface area contributed by atoms with Gasteiger partial charge in [-0.2, -0.15) is 0 Å². The van der Waals surface area contributed by atoms with Gasteiger partial charge in [-0.05, 0) is 30.7 Å². The average Bonchev–Trinajstić information content (AvgIpc) is 2.31. The molecule has 0 aliphatic rings. The molecular formula is C13H17N3O3S. The molecule has 0 fully saturated rings. The second kappa shape index (κ2) is 6.41. The zero-order valence-electron chi connectivity index (χ0n) is 11.3. The zero-order valence-corrected chi connectivity index (χ0v) is 12.1.